The first-order chi connectivity index (χ1) is 7.83. The third kappa shape index (κ3) is 2.80. The Balaban J connectivity index is 1.77. The standard InChI is InChI=1S/C15H29N/c1-3-4-5-6-9-14-11-12-15-10-7-8-13(2)16(14)15/h13-15H,3-12H2,1-2H3/t13-,14+,15?/m0/s1. The fraction of sp³-hybridized carbons (Fsp3) is 1.00. The van der Waals surface area contributed by atoms with E-state index in [1.807, 2.05) is 0 Å². The predicted octanol–water partition coefficient (Wildman–Crippen LogP) is 4.36. The monoisotopic (exact) mass is 223 g/mol. The van der Waals surface area contributed by atoms with Crippen LogP contribution in [0.1, 0.15) is 78.1 Å². The number of fused-ring (bicyclic) bond motifs is 1. The maximum atomic E-state index is 2.88. The number of unbranched alkanes of at least 4 members (excludes halogenated alkanes) is 3. The summed E-state index contributed by atoms with van der Waals surface area (Å²) >= 11 is 0. The number of rotatable bonds is 5. The van der Waals surface area contributed by atoms with Crippen LogP contribution in [0, 0.1) is 0 Å². The lowest BCUT2D eigenvalue weighted by atomic mass is 9.97. The smallest absolute Gasteiger partial charge is 0.0102 e. The van der Waals surface area contributed by atoms with E-state index in [2.05, 4.69) is 18.7 Å². The Labute approximate surface area is 102 Å². The van der Waals surface area contributed by atoms with Gasteiger partial charge in [-0.3, -0.25) is 4.90 Å². The zero-order valence-electron chi connectivity index (χ0n) is 11.3. The van der Waals surface area contributed by atoms with Crippen molar-refractivity contribution in [1.82, 2.24) is 4.90 Å². The Bertz CT molecular complexity index is 202. The molecule has 0 bridgehead atoms. The lowest BCUT2D eigenvalue weighted by Crippen LogP contribution is -2.45. The summed E-state index contributed by atoms with van der Waals surface area (Å²) in [5, 5.41) is 0. The first kappa shape index (κ1) is 12.4. The number of nitrogens with zero attached hydrogens (tertiary/aromatic N) is 1. The van der Waals surface area contributed by atoms with Crippen LogP contribution in [0.2, 0.25) is 0 Å². The molecule has 16 heavy (non-hydrogen) atoms. The molecule has 0 saturated carbocycles. The molecular weight excluding hydrogens is 194 g/mol. The molecule has 2 saturated heterocycles. The molecule has 1 heteroatoms. The minimum Gasteiger partial charge on any atom is -0.295 e. The van der Waals surface area contributed by atoms with Crippen molar-refractivity contribution in [3.8, 4) is 0 Å². The zero-order chi connectivity index (χ0) is 11.4. The molecule has 0 amide bonds. The molecule has 0 spiro atoms. The van der Waals surface area contributed by atoms with E-state index in [9.17, 15) is 0 Å². The average molecular weight is 223 g/mol. The van der Waals surface area contributed by atoms with E-state index in [-0.39, 0.29) is 0 Å². The summed E-state index contributed by atoms with van der Waals surface area (Å²) in [5.74, 6) is 0. The van der Waals surface area contributed by atoms with Gasteiger partial charge in [0.05, 0.1) is 0 Å². The highest BCUT2D eigenvalue weighted by Gasteiger charge is 2.37. The number of hydrogen-bond donors (Lipinski definition) is 0. The topological polar surface area (TPSA) is 3.24 Å². The van der Waals surface area contributed by atoms with Crippen LogP contribution in [0.5, 0.6) is 0 Å². The minimum absolute atomic E-state index is 0.873. The van der Waals surface area contributed by atoms with E-state index >= 15 is 0 Å². The molecule has 2 heterocycles. The summed E-state index contributed by atoms with van der Waals surface area (Å²) in [7, 11) is 0. The van der Waals surface area contributed by atoms with Gasteiger partial charge in [0.2, 0.25) is 0 Å². The Kier molecular flexibility index (Phi) is 4.69. The van der Waals surface area contributed by atoms with Crippen molar-refractivity contribution in [2.24, 2.45) is 0 Å². The molecule has 0 radical (unpaired) electrons. The lowest BCUT2D eigenvalue weighted by molar-refractivity contribution is 0.0872. The van der Waals surface area contributed by atoms with Crippen LogP contribution >= 0.6 is 0 Å². The third-order valence-electron chi connectivity index (χ3n) is 4.74. The molecule has 2 fully saturated rings. The fourth-order valence-corrected chi connectivity index (χ4v) is 3.89. The van der Waals surface area contributed by atoms with Gasteiger partial charge in [-0.25, -0.2) is 0 Å². The van der Waals surface area contributed by atoms with Gasteiger partial charge in [0.1, 0.15) is 0 Å². The van der Waals surface area contributed by atoms with Crippen LogP contribution in [0.25, 0.3) is 0 Å². The third-order valence-corrected chi connectivity index (χ3v) is 4.74. The first-order valence-corrected chi connectivity index (χ1v) is 7.60. The highest BCUT2D eigenvalue weighted by molar-refractivity contribution is 4.93. The Morgan fingerprint density at radius 1 is 1.00 bits per heavy atom. The van der Waals surface area contributed by atoms with Gasteiger partial charge in [0, 0.05) is 18.1 Å². The second-order valence-electron chi connectivity index (χ2n) is 5.96. The summed E-state index contributed by atoms with van der Waals surface area (Å²) in [6.45, 7) is 4.76. The normalized spacial score (nSPS) is 35.2. The molecule has 0 aromatic rings. The molecule has 1 nitrogen and oxygen atoms in total. The van der Waals surface area contributed by atoms with Crippen molar-refractivity contribution in [2.75, 3.05) is 0 Å². The summed E-state index contributed by atoms with van der Waals surface area (Å²) in [4.78, 5) is 2.88. The minimum atomic E-state index is 0.873. The van der Waals surface area contributed by atoms with E-state index in [0.717, 1.165) is 18.1 Å². The van der Waals surface area contributed by atoms with E-state index in [4.69, 9.17) is 0 Å². The highest BCUT2D eigenvalue weighted by atomic mass is 15.2. The van der Waals surface area contributed by atoms with Gasteiger partial charge < -0.3 is 0 Å². The Morgan fingerprint density at radius 2 is 1.88 bits per heavy atom. The van der Waals surface area contributed by atoms with Gasteiger partial charge in [-0.2, -0.15) is 0 Å². The molecule has 0 aromatic carbocycles. The maximum absolute atomic E-state index is 2.88. The molecule has 2 rings (SSSR count). The molecule has 3 atom stereocenters. The highest BCUT2D eigenvalue weighted by Crippen LogP contribution is 2.36. The second-order valence-corrected chi connectivity index (χ2v) is 5.96. The lowest BCUT2D eigenvalue weighted by Gasteiger charge is -2.39. The van der Waals surface area contributed by atoms with Crippen molar-refractivity contribution in [1.29, 1.82) is 0 Å². The first-order valence-electron chi connectivity index (χ1n) is 7.60. The van der Waals surface area contributed by atoms with E-state index in [1.54, 1.807) is 0 Å². The van der Waals surface area contributed by atoms with Gasteiger partial charge in [-0.15, -0.1) is 0 Å². The molecule has 0 aliphatic carbocycles. The molecular formula is C15H29N. The van der Waals surface area contributed by atoms with E-state index in [0.29, 0.717) is 0 Å². The molecule has 94 valence electrons. The van der Waals surface area contributed by atoms with Crippen LogP contribution < -0.4 is 0 Å². The summed E-state index contributed by atoms with van der Waals surface area (Å²) in [5.41, 5.74) is 0. The average Bonchev–Trinajstić information content (AvgIpc) is 2.69. The SMILES string of the molecule is CCCCCC[C@@H]1CCC2CCC[C@H](C)N21. The van der Waals surface area contributed by atoms with E-state index in [1.165, 1.54) is 64.2 Å². The fourth-order valence-electron chi connectivity index (χ4n) is 3.89. The largest absolute Gasteiger partial charge is 0.295 e. The van der Waals surface area contributed by atoms with Crippen molar-refractivity contribution in [3.05, 3.63) is 0 Å². The molecule has 0 N–H and O–H groups in total. The Morgan fingerprint density at radius 3 is 2.69 bits per heavy atom. The summed E-state index contributed by atoms with van der Waals surface area (Å²) in [6, 6.07) is 2.77. The molecule has 1 unspecified atom stereocenters. The molecule has 2 aliphatic heterocycles. The van der Waals surface area contributed by atoms with Gasteiger partial charge in [0.25, 0.3) is 0 Å². The van der Waals surface area contributed by atoms with Crippen LogP contribution in [-0.2, 0) is 0 Å². The van der Waals surface area contributed by atoms with E-state index < -0.39 is 0 Å². The zero-order valence-corrected chi connectivity index (χ0v) is 11.3. The number of hydrogen-bond acceptors (Lipinski definition) is 1. The van der Waals surface area contributed by atoms with Crippen molar-refractivity contribution in [3.63, 3.8) is 0 Å². The Hall–Kier alpha value is -0.0400. The summed E-state index contributed by atoms with van der Waals surface area (Å²) < 4.78 is 0. The van der Waals surface area contributed by atoms with Crippen LogP contribution in [0.4, 0.5) is 0 Å². The van der Waals surface area contributed by atoms with Crippen molar-refractivity contribution in [2.45, 2.75) is 96.2 Å². The van der Waals surface area contributed by atoms with Gasteiger partial charge in [0.15, 0.2) is 0 Å². The van der Waals surface area contributed by atoms with Gasteiger partial charge in [-0.1, -0.05) is 39.0 Å². The molecule has 2 aliphatic rings. The predicted molar refractivity (Wildman–Crippen MR) is 70.7 cm³/mol. The maximum Gasteiger partial charge on any atom is 0.0102 e. The van der Waals surface area contributed by atoms with Crippen LogP contribution in [0.15, 0.2) is 0 Å². The van der Waals surface area contributed by atoms with Crippen LogP contribution in [-0.4, -0.2) is 23.0 Å². The number of piperidine rings is 1. The van der Waals surface area contributed by atoms with Gasteiger partial charge in [-0.05, 0) is 39.0 Å². The van der Waals surface area contributed by atoms with Crippen molar-refractivity contribution < 1.29 is 0 Å². The quantitative estimate of drug-likeness (QED) is 0.626. The second kappa shape index (κ2) is 6.05. The van der Waals surface area contributed by atoms with Gasteiger partial charge >= 0.3 is 0 Å². The summed E-state index contributed by atoms with van der Waals surface area (Å²) in [6.07, 6.45) is 14.6. The molecule has 0 aromatic heterocycles. The van der Waals surface area contributed by atoms with Crippen LogP contribution in [0.3, 0.4) is 0 Å². The van der Waals surface area contributed by atoms with Crippen molar-refractivity contribution >= 4 is 0 Å².